The maximum absolute atomic E-state index is 12.1. The fraction of sp³-hybridized carbons (Fsp3) is 0.625. The molecule has 0 bridgehead atoms. The molecule has 0 radical (unpaired) electrons. The number of carbonyl (C=O) groups is 2. The average molecular weight is 309 g/mol. The van der Waals surface area contributed by atoms with E-state index in [-0.39, 0.29) is 11.9 Å². The Bertz CT molecular complexity index is 522. The summed E-state index contributed by atoms with van der Waals surface area (Å²) < 4.78 is 5.13. The van der Waals surface area contributed by atoms with Gasteiger partial charge in [0.2, 0.25) is 5.91 Å². The Hall–Kier alpha value is -1.36. The standard InChI is InChI=1S/C16H23NO3S/c1-3-5-10-13(18)17-14-11-8-6-7-9-12(11)21-15(14)16(19)20-4-2/h3-10H2,1-2H3,(H,17,18). The first-order chi connectivity index (χ1) is 10.2. The molecule has 0 atom stereocenters. The molecule has 4 nitrogen and oxygen atoms in total. The van der Waals surface area contributed by atoms with Crippen molar-refractivity contribution in [2.45, 2.75) is 58.8 Å². The van der Waals surface area contributed by atoms with E-state index in [0.717, 1.165) is 44.1 Å². The first-order valence-electron chi connectivity index (χ1n) is 7.78. The molecule has 1 aliphatic carbocycles. The summed E-state index contributed by atoms with van der Waals surface area (Å²) in [7, 11) is 0. The Balaban J connectivity index is 2.25. The molecule has 2 rings (SSSR count). The van der Waals surface area contributed by atoms with E-state index in [1.54, 1.807) is 6.92 Å². The normalized spacial score (nSPS) is 13.6. The molecule has 1 aromatic heterocycles. The average Bonchev–Trinajstić information content (AvgIpc) is 2.84. The van der Waals surface area contributed by atoms with Crippen molar-refractivity contribution in [2.24, 2.45) is 0 Å². The van der Waals surface area contributed by atoms with Gasteiger partial charge in [0.1, 0.15) is 4.88 Å². The summed E-state index contributed by atoms with van der Waals surface area (Å²) in [6.07, 6.45) is 6.56. The highest BCUT2D eigenvalue weighted by atomic mass is 32.1. The highest BCUT2D eigenvalue weighted by Gasteiger charge is 2.26. The number of unbranched alkanes of at least 4 members (excludes halogenated alkanes) is 1. The van der Waals surface area contributed by atoms with Crippen LogP contribution in [0.15, 0.2) is 0 Å². The highest BCUT2D eigenvalue weighted by Crippen LogP contribution is 2.38. The van der Waals surface area contributed by atoms with Crippen molar-refractivity contribution in [3.05, 3.63) is 15.3 Å². The summed E-state index contributed by atoms with van der Waals surface area (Å²) in [5.74, 6) is -0.323. The number of carbonyl (C=O) groups excluding carboxylic acids is 2. The van der Waals surface area contributed by atoms with Gasteiger partial charge in [-0.05, 0) is 44.6 Å². The Labute approximate surface area is 129 Å². The van der Waals surface area contributed by atoms with E-state index >= 15 is 0 Å². The molecule has 1 aliphatic rings. The minimum Gasteiger partial charge on any atom is -0.462 e. The number of aryl methyl sites for hydroxylation is 1. The number of amides is 1. The number of ether oxygens (including phenoxy) is 1. The molecule has 0 aliphatic heterocycles. The summed E-state index contributed by atoms with van der Waals surface area (Å²) in [5, 5.41) is 2.96. The third kappa shape index (κ3) is 3.84. The van der Waals surface area contributed by atoms with Crippen LogP contribution in [0.1, 0.15) is 66.1 Å². The van der Waals surface area contributed by atoms with Crippen molar-refractivity contribution in [1.29, 1.82) is 0 Å². The van der Waals surface area contributed by atoms with Gasteiger partial charge in [0.25, 0.3) is 0 Å². The number of hydrogen-bond donors (Lipinski definition) is 1. The van der Waals surface area contributed by atoms with Gasteiger partial charge in [-0.25, -0.2) is 4.79 Å². The number of anilines is 1. The molecular weight excluding hydrogens is 286 g/mol. The maximum atomic E-state index is 12.1. The van der Waals surface area contributed by atoms with Crippen molar-refractivity contribution in [1.82, 2.24) is 0 Å². The second kappa shape index (κ2) is 7.59. The van der Waals surface area contributed by atoms with E-state index in [0.29, 0.717) is 23.6 Å². The third-order valence-electron chi connectivity index (χ3n) is 3.65. The molecule has 1 aromatic rings. The van der Waals surface area contributed by atoms with E-state index in [4.69, 9.17) is 4.74 Å². The van der Waals surface area contributed by atoms with E-state index < -0.39 is 0 Å². The SMILES string of the molecule is CCCCC(=O)Nc1c(C(=O)OCC)sc2c1CCCC2. The predicted octanol–water partition coefficient (Wildman–Crippen LogP) is 3.93. The molecule has 5 heteroatoms. The van der Waals surface area contributed by atoms with Crippen LogP contribution in [0, 0.1) is 0 Å². The van der Waals surface area contributed by atoms with Gasteiger partial charge < -0.3 is 10.1 Å². The van der Waals surface area contributed by atoms with Gasteiger partial charge in [-0.2, -0.15) is 0 Å². The number of fused-ring (bicyclic) bond motifs is 1. The molecule has 1 amide bonds. The van der Waals surface area contributed by atoms with E-state index in [1.807, 2.05) is 0 Å². The van der Waals surface area contributed by atoms with Crippen LogP contribution in [0.4, 0.5) is 5.69 Å². The topological polar surface area (TPSA) is 55.4 Å². The van der Waals surface area contributed by atoms with Crippen molar-refractivity contribution < 1.29 is 14.3 Å². The quantitative estimate of drug-likeness (QED) is 0.810. The van der Waals surface area contributed by atoms with E-state index in [1.165, 1.54) is 16.2 Å². The Morgan fingerprint density at radius 3 is 2.71 bits per heavy atom. The van der Waals surface area contributed by atoms with Crippen LogP contribution in [0.25, 0.3) is 0 Å². The van der Waals surface area contributed by atoms with Gasteiger partial charge in [-0.1, -0.05) is 13.3 Å². The molecule has 0 spiro atoms. The molecule has 116 valence electrons. The monoisotopic (exact) mass is 309 g/mol. The summed E-state index contributed by atoms with van der Waals surface area (Å²) >= 11 is 1.49. The summed E-state index contributed by atoms with van der Waals surface area (Å²) in [4.78, 5) is 25.9. The van der Waals surface area contributed by atoms with Crippen LogP contribution in [-0.4, -0.2) is 18.5 Å². The number of esters is 1. The molecule has 0 aromatic carbocycles. The van der Waals surface area contributed by atoms with Gasteiger partial charge in [-0.3, -0.25) is 4.79 Å². The fourth-order valence-corrected chi connectivity index (χ4v) is 3.82. The van der Waals surface area contributed by atoms with E-state index in [2.05, 4.69) is 12.2 Å². The van der Waals surface area contributed by atoms with Crippen molar-refractivity contribution in [2.75, 3.05) is 11.9 Å². The lowest BCUT2D eigenvalue weighted by molar-refractivity contribution is -0.116. The van der Waals surface area contributed by atoms with Crippen LogP contribution >= 0.6 is 11.3 Å². The van der Waals surface area contributed by atoms with E-state index in [9.17, 15) is 9.59 Å². The number of thiophene rings is 1. The molecular formula is C16H23NO3S. The summed E-state index contributed by atoms with van der Waals surface area (Å²) in [5.41, 5.74) is 1.87. The molecule has 0 unspecified atom stereocenters. The second-order valence-electron chi connectivity index (χ2n) is 5.29. The van der Waals surface area contributed by atoms with Crippen LogP contribution < -0.4 is 5.32 Å². The van der Waals surface area contributed by atoms with Crippen LogP contribution in [0.3, 0.4) is 0 Å². The fourth-order valence-electron chi connectivity index (χ4n) is 2.58. The molecule has 0 saturated carbocycles. The third-order valence-corrected chi connectivity index (χ3v) is 4.93. The lowest BCUT2D eigenvalue weighted by Crippen LogP contribution is -2.15. The summed E-state index contributed by atoms with van der Waals surface area (Å²) in [6, 6.07) is 0. The molecule has 1 heterocycles. The zero-order chi connectivity index (χ0) is 15.2. The van der Waals surface area contributed by atoms with Crippen molar-refractivity contribution in [3.8, 4) is 0 Å². The lowest BCUT2D eigenvalue weighted by Gasteiger charge is -2.13. The molecule has 0 fully saturated rings. The largest absolute Gasteiger partial charge is 0.462 e. The van der Waals surface area contributed by atoms with Crippen molar-refractivity contribution >= 4 is 28.9 Å². The lowest BCUT2D eigenvalue weighted by atomic mass is 9.97. The predicted molar refractivity (Wildman–Crippen MR) is 85.1 cm³/mol. The minimum atomic E-state index is -0.317. The molecule has 0 saturated heterocycles. The number of hydrogen-bond acceptors (Lipinski definition) is 4. The van der Waals surface area contributed by atoms with Crippen LogP contribution in [0.2, 0.25) is 0 Å². The van der Waals surface area contributed by atoms with Crippen LogP contribution in [0.5, 0.6) is 0 Å². The second-order valence-corrected chi connectivity index (χ2v) is 6.39. The first kappa shape index (κ1) is 16.0. The number of rotatable bonds is 6. The van der Waals surface area contributed by atoms with Gasteiger partial charge in [0.15, 0.2) is 0 Å². The Morgan fingerprint density at radius 1 is 1.24 bits per heavy atom. The van der Waals surface area contributed by atoms with Gasteiger partial charge in [0.05, 0.1) is 12.3 Å². The Morgan fingerprint density at radius 2 is 2.00 bits per heavy atom. The van der Waals surface area contributed by atoms with Crippen LogP contribution in [-0.2, 0) is 22.4 Å². The molecule has 21 heavy (non-hydrogen) atoms. The van der Waals surface area contributed by atoms with Crippen molar-refractivity contribution in [3.63, 3.8) is 0 Å². The smallest absolute Gasteiger partial charge is 0.350 e. The Kier molecular flexibility index (Phi) is 5.79. The zero-order valence-corrected chi connectivity index (χ0v) is 13.6. The number of nitrogens with one attached hydrogen (secondary N) is 1. The van der Waals surface area contributed by atoms with Gasteiger partial charge in [0, 0.05) is 11.3 Å². The molecule has 1 N–H and O–H groups in total. The first-order valence-corrected chi connectivity index (χ1v) is 8.60. The highest BCUT2D eigenvalue weighted by molar-refractivity contribution is 7.14. The minimum absolute atomic E-state index is 0.00595. The summed E-state index contributed by atoms with van der Waals surface area (Å²) in [6.45, 7) is 4.21. The zero-order valence-electron chi connectivity index (χ0n) is 12.8. The maximum Gasteiger partial charge on any atom is 0.350 e. The van der Waals surface area contributed by atoms with Gasteiger partial charge in [-0.15, -0.1) is 11.3 Å². The van der Waals surface area contributed by atoms with Gasteiger partial charge >= 0.3 is 5.97 Å².